The minimum atomic E-state index is -0.590. The zero-order chi connectivity index (χ0) is 10.6. The molecule has 1 N–H and O–H groups in total. The van der Waals surface area contributed by atoms with Gasteiger partial charge in [0.15, 0.2) is 0 Å². The van der Waals surface area contributed by atoms with Gasteiger partial charge in [-0.1, -0.05) is 24.6 Å². The van der Waals surface area contributed by atoms with Crippen molar-refractivity contribution in [2.24, 2.45) is 0 Å². The van der Waals surface area contributed by atoms with Crippen molar-refractivity contribution in [3.8, 4) is 0 Å². The van der Waals surface area contributed by atoms with E-state index in [4.69, 9.17) is 11.6 Å². The van der Waals surface area contributed by atoms with Gasteiger partial charge in [0.25, 0.3) is 0 Å². The number of thioether (sulfide) groups is 1. The second kappa shape index (κ2) is 5.06. The molecule has 1 atom stereocenters. The summed E-state index contributed by atoms with van der Waals surface area (Å²) < 4.78 is 0. The van der Waals surface area contributed by atoms with E-state index in [9.17, 15) is 5.11 Å². The van der Waals surface area contributed by atoms with E-state index < -0.39 is 5.60 Å². The lowest BCUT2D eigenvalue weighted by Gasteiger charge is -2.20. The average Bonchev–Trinajstić information content (AvgIpc) is 2.15. The fourth-order valence-electron chi connectivity index (χ4n) is 0.898. The first-order chi connectivity index (χ1) is 6.53. The Morgan fingerprint density at radius 2 is 2.21 bits per heavy atom. The van der Waals surface area contributed by atoms with Gasteiger partial charge in [-0.15, -0.1) is 11.8 Å². The summed E-state index contributed by atoms with van der Waals surface area (Å²) in [5, 5.41) is 10.5. The normalized spacial score (nSPS) is 15.1. The molecule has 1 aromatic carbocycles. The van der Waals surface area contributed by atoms with Crippen molar-refractivity contribution in [1.82, 2.24) is 0 Å². The molecular weight excluding hydrogens is 216 g/mol. The Bertz CT molecular complexity index is 299. The molecule has 78 valence electrons. The molecule has 1 aromatic rings. The summed E-state index contributed by atoms with van der Waals surface area (Å²) in [6.45, 7) is 3.84. The predicted octanol–water partition coefficient (Wildman–Crippen LogP) is 3.59. The molecule has 1 unspecified atom stereocenters. The molecule has 3 heteroatoms. The Labute approximate surface area is 94.5 Å². The third-order valence-corrected chi connectivity index (χ3v) is 3.70. The predicted molar refractivity (Wildman–Crippen MR) is 63.1 cm³/mol. The third kappa shape index (κ3) is 3.91. The van der Waals surface area contributed by atoms with Gasteiger partial charge in [0.1, 0.15) is 0 Å². The van der Waals surface area contributed by atoms with E-state index in [2.05, 4.69) is 0 Å². The van der Waals surface area contributed by atoms with Crippen LogP contribution >= 0.6 is 23.4 Å². The Morgan fingerprint density at radius 1 is 1.50 bits per heavy atom. The van der Waals surface area contributed by atoms with E-state index in [-0.39, 0.29) is 0 Å². The molecule has 0 saturated carbocycles. The van der Waals surface area contributed by atoms with Crippen LogP contribution in [-0.2, 0) is 0 Å². The summed E-state index contributed by atoms with van der Waals surface area (Å²) in [4.78, 5) is 1.10. The van der Waals surface area contributed by atoms with Gasteiger partial charge in [-0.25, -0.2) is 0 Å². The monoisotopic (exact) mass is 230 g/mol. The smallest absolute Gasteiger partial charge is 0.0710 e. The van der Waals surface area contributed by atoms with Gasteiger partial charge >= 0.3 is 0 Å². The highest BCUT2D eigenvalue weighted by atomic mass is 35.5. The number of aliphatic hydroxyl groups is 1. The Morgan fingerprint density at radius 3 is 2.79 bits per heavy atom. The molecule has 0 aliphatic rings. The SMILES string of the molecule is CCC(C)(O)CSc1cccc(Cl)c1. The van der Waals surface area contributed by atoms with E-state index in [1.54, 1.807) is 11.8 Å². The molecule has 1 rings (SSSR count). The van der Waals surface area contributed by atoms with Crippen LogP contribution in [-0.4, -0.2) is 16.5 Å². The van der Waals surface area contributed by atoms with Crippen molar-refractivity contribution >= 4 is 23.4 Å². The van der Waals surface area contributed by atoms with Crippen LogP contribution in [0.4, 0.5) is 0 Å². The van der Waals surface area contributed by atoms with Gasteiger partial charge in [0.2, 0.25) is 0 Å². The van der Waals surface area contributed by atoms with E-state index >= 15 is 0 Å². The number of benzene rings is 1. The maximum Gasteiger partial charge on any atom is 0.0710 e. The Kier molecular flexibility index (Phi) is 4.30. The van der Waals surface area contributed by atoms with Crippen LogP contribution in [0.2, 0.25) is 5.02 Å². The summed E-state index contributed by atoms with van der Waals surface area (Å²) >= 11 is 7.48. The Balaban J connectivity index is 2.54. The number of rotatable bonds is 4. The Hall–Kier alpha value is -0.180. The van der Waals surface area contributed by atoms with Crippen molar-refractivity contribution < 1.29 is 5.11 Å². The minimum absolute atomic E-state index is 0.590. The van der Waals surface area contributed by atoms with Gasteiger partial charge in [-0.2, -0.15) is 0 Å². The number of hydrogen-bond acceptors (Lipinski definition) is 2. The van der Waals surface area contributed by atoms with Crippen LogP contribution in [0.15, 0.2) is 29.2 Å². The molecule has 0 aliphatic carbocycles. The molecule has 0 aliphatic heterocycles. The lowest BCUT2D eigenvalue weighted by atomic mass is 10.1. The topological polar surface area (TPSA) is 20.2 Å². The quantitative estimate of drug-likeness (QED) is 0.798. The maximum atomic E-state index is 9.80. The molecule has 14 heavy (non-hydrogen) atoms. The molecule has 0 saturated heterocycles. The summed E-state index contributed by atoms with van der Waals surface area (Å²) in [5.41, 5.74) is -0.590. The van der Waals surface area contributed by atoms with Gasteiger partial charge in [0, 0.05) is 15.7 Å². The number of halogens is 1. The molecule has 0 amide bonds. The van der Waals surface area contributed by atoms with Crippen LogP contribution in [0.3, 0.4) is 0 Å². The largest absolute Gasteiger partial charge is 0.389 e. The third-order valence-electron chi connectivity index (χ3n) is 2.11. The molecule has 0 radical (unpaired) electrons. The highest BCUT2D eigenvalue weighted by Gasteiger charge is 2.17. The van der Waals surface area contributed by atoms with E-state index in [0.717, 1.165) is 16.3 Å². The van der Waals surface area contributed by atoms with E-state index in [1.165, 1.54) is 0 Å². The lowest BCUT2D eigenvalue weighted by molar-refractivity contribution is 0.0816. The van der Waals surface area contributed by atoms with Crippen molar-refractivity contribution in [3.05, 3.63) is 29.3 Å². The van der Waals surface area contributed by atoms with Crippen molar-refractivity contribution in [2.75, 3.05) is 5.75 Å². The first kappa shape index (κ1) is 11.9. The zero-order valence-electron chi connectivity index (χ0n) is 8.46. The van der Waals surface area contributed by atoms with Crippen LogP contribution < -0.4 is 0 Å². The van der Waals surface area contributed by atoms with Gasteiger partial charge < -0.3 is 5.11 Å². The second-order valence-electron chi connectivity index (χ2n) is 3.60. The molecule has 0 fully saturated rings. The van der Waals surface area contributed by atoms with Gasteiger partial charge in [0.05, 0.1) is 5.60 Å². The van der Waals surface area contributed by atoms with Crippen LogP contribution in [0, 0.1) is 0 Å². The van der Waals surface area contributed by atoms with Gasteiger partial charge in [-0.05, 0) is 31.5 Å². The summed E-state index contributed by atoms with van der Waals surface area (Å²) in [5.74, 6) is 0.698. The molecule has 1 nitrogen and oxygen atoms in total. The molecule has 0 heterocycles. The first-order valence-corrected chi connectivity index (χ1v) is 6.00. The maximum absolute atomic E-state index is 9.80. The average molecular weight is 231 g/mol. The summed E-state index contributed by atoms with van der Waals surface area (Å²) in [6, 6.07) is 7.69. The van der Waals surface area contributed by atoms with Crippen molar-refractivity contribution in [1.29, 1.82) is 0 Å². The fourth-order valence-corrected chi connectivity index (χ4v) is 2.22. The van der Waals surface area contributed by atoms with Crippen molar-refractivity contribution in [2.45, 2.75) is 30.8 Å². The fraction of sp³-hybridized carbons (Fsp3) is 0.455. The van der Waals surface area contributed by atoms with Crippen molar-refractivity contribution in [3.63, 3.8) is 0 Å². The van der Waals surface area contributed by atoms with E-state index in [1.807, 2.05) is 38.1 Å². The van der Waals surface area contributed by atoms with Gasteiger partial charge in [-0.3, -0.25) is 0 Å². The van der Waals surface area contributed by atoms with E-state index in [0.29, 0.717) is 5.75 Å². The number of hydrogen-bond donors (Lipinski definition) is 1. The molecule has 0 aromatic heterocycles. The molecular formula is C11H15ClOS. The summed E-state index contributed by atoms with van der Waals surface area (Å²) in [7, 11) is 0. The first-order valence-electron chi connectivity index (χ1n) is 4.64. The van der Waals surface area contributed by atoms with Crippen LogP contribution in [0.25, 0.3) is 0 Å². The van der Waals surface area contributed by atoms with Crippen LogP contribution in [0.5, 0.6) is 0 Å². The molecule has 0 spiro atoms. The summed E-state index contributed by atoms with van der Waals surface area (Å²) in [6.07, 6.45) is 0.764. The highest BCUT2D eigenvalue weighted by molar-refractivity contribution is 7.99. The van der Waals surface area contributed by atoms with Crippen LogP contribution in [0.1, 0.15) is 20.3 Å². The highest BCUT2D eigenvalue weighted by Crippen LogP contribution is 2.26. The zero-order valence-corrected chi connectivity index (χ0v) is 10.0. The lowest BCUT2D eigenvalue weighted by Crippen LogP contribution is -2.25. The second-order valence-corrected chi connectivity index (χ2v) is 5.08. The standard InChI is InChI=1S/C11H15ClOS/c1-3-11(2,13)8-14-10-6-4-5-9(12)7-10/h4-7,13H,3,8H2,1-2H3. The molecule has 0 bridgehead atoms. The minimum Gasteiger partial charge on any atom is -0.389 e.